The summed E-state index contributed by atoms with van der Waals surface area (Å²) in [6.45, 7) is 4.43. The monoisotopic (exact) mass is 406 g/mol. The van der Waals surface area contributed by atoms with Gasteiger partial charge in [0.1, 0.15) is 18.2 Å². The molecule has 0 N–H and O–H groups in total. The Labute approximate surface area is 175 Å². The highest BCUT2D eigenvalue weighted by Crippen LogP contribution is 2.31. The number of hydrogen-bond donors (Lipinski definition) is 0. The molecule has 0 saturated carbocycles. The van der Waals surface area contributed by atoms with Crippen LogP contribution >= 0.6 is 11.6 Å². The van der Waals surface area contributed by atoms with Crippen LogP contribution in [0.15, 0.2) is 54.6 Å². The first-order valence-corrected chi connectivity index (χ1v) is 10.5. The van der Waals surface area contributed by atoms with E-state index in [0.717, 1.165) is 67.0 Å². The SMILES string of the molecule is Clc1ccc(C2=CCN(CCc3nnc4n3CCOc3ccccc3-4)CC2)cc1. The van der Waals surface area contributed by atoms with Crippen molar-refractivity contribution in [1.82, 2.24) is 19.7 Å². The maximum absolute atomic E-state index is 6.00. The molecule has 5 rings (SSSR count). The zero-order valence-corrected chi connectivity index (χ0v) is 17.0. The summed E-state index contributed by atoms with van der Waals surface area (Å²) >= 11 is 6.00. The molecule has 2 aromatic carbocycles. The van der Waals surface area contributed by atoms with Crippen LogP contribution in [0.5, 0.6) is 5.75 Å². The van der Waals surface area contributed by atoms with Crippen molar-refractivity contribution in [1.29, 1.82) is 0 Å². The smallest absolute Gasteiger partial charge is 0.167 e. The lowest BCUT2D eigenvalue weighted by molar-refractivity contribution is 0.293. The molecule has 0 unspecified atom stereocenters. The first kappa shape index (κ1) is 18.4. The van der Waals surface area contributed by atoms with Crippen molar-refractivity contribution >= 4 is 17.2 Å². The lowest BCUT2D eigenvalue weighted by Gasteiger charge is -2.26. The van der Waals surface area contributed by atoms with Crippen molar-refractivity contribution in [3.05, 3.63) is 71.0 Å². The number of aromatic nitrogens is 3. The Hall–Kier alpha value is -2.63. The van der Waals surface area contributed by atoms with Crippen LogP contribution in [0, 0.1) is 0 Å². The Kier molecular flexibility index (Phi) is 5.08. The van der Waals surface area contributed by atoms with Gasteiger partial charge in [0.2, 0.25) is 0 Å². The number of para-hydroxylation sites is 1. The second-order valence-electron chi connectivity index (χ2n) is 7.47. The fraction of sp³-hybridized carbons (Fsp3) is 0.304. The lowest BCUT2D eigenvalue weighted by atomic mass is 9.99. The van der Waals surface area contributed by atoms with Crippen LogP contribution in [0.4, 0.5) is 0 Å². The Morgan fingerprint density at radius 2 is 1.86 bits per heavy atom. The molecule has 1 aromatic heterocycles. The third-order valence-corrected chi connectivity index (χ3v) is 5.94. The summed E-state index contributed by atoms with van der Waals surface area (Å²) in [5.74, 6) is 2.84. The van der Waals surface area contributed by atoms with Gasteiger partial charge in [-0.3, -0.25) is 4.90 Å². The van der Waals surface area contributed by atoms with E-state index in [1.54, 1.807) is 0 Å². The quantitative estimate of drug-likeness (QED) is 0.647. The molecule has 0 aliphatic carbocycles. The Balaban J connectivity index is 1.26. The highest BCUT2D eigenvalue weighted by Gasteiger charge is 2.21. The fourth-order valence-corrected chi connectivity index (χ4v) is 4.20. The molecule has 0 amide bonds. The molecular weight excluding hydrogens is 384 g/mol. The topological polar surface area (TPSA) is 43.2 Å². The van der Waals surface area contributed by atoms with Crippen LogP contribution in [0.1, 0.15) is 17.8 Å². The van der Waals surface area contributed by atoms with E-state index in [1.165, 1.54) is 11.1 Å². The standard InChI is InChI=1S/C23H23ClN4O/c24-19-7-5-17(6-8-19)18-9-12-27(13-10-18)14-11-22-25-26-23-20-3-1-2-4-21(20)29-16-15-28(22)23/h1-9H,10-16H2. The molecule has 29 heavy (non-hydrogen) atoms. The number of fused-ring (bicyclic) bond motifs is 3. The van der Waals surface area contributed by atoms with Gasteiger partial charge in [0, 0.05) is 31.1 Å². The highest BCUT2D eigenvalue weighted by atomic mass is 35.5. The maximum Gasteiger partial charge on any atom is 0.167 e. The van der Waals surface area contributed by atoms with Gasteiger partial charge >= 0.3 is 0 Å². The molecule has 3 aromatic rings. The van der Waals surface area contributed by atoms with E-state index in [4.69, 9.17) is 16.3 Å². The van der Waals surface area contributed by atoms with Crippen LogP contribution in [0.25, 0.3) is 17.0 Å². The van der Waals surface area contributed by atoms with Crippen LogP contribution in [0.3, 0.4) is 0 Å². The summed E-state index contributed by atoms with van der Waals surface area (Å²) in [5, 5.41) is 9.75. The minimum absolute atomic E-state index is 0.645. The minimum atomic E-state index is 0.645. The predicted octanol–water partition coefficient (Wildman–Crippen LogP) is 4.32. The van der Waals surface area contributed by atoms with Gasteiger partial charge in [-0.15, -0.1) is 10.2 Å². The van der Waals surface area contributed by atoms with Crippen molar-refractivity contribution < 1.29 is 4.74 Å². The van der Waals surface area contributed by atoms with Gasteiger partial charge in [0.25, 0.3) is 0 Å². The number of benzene rings is 2. The summed E-state index contributed by atoms with van der Waals surface area (Å²) in [7, 11) is 0. The van der Waals surface area contributed by atoms with Crippen LogP contribution in [-0.4, -0.2) is 45.9 Å². The second kappa shape index (κ2) is 8.01. The molecule has 0 bridgehead atoms. The van der Waals surface area contributed by atoms with Gasteiger partial charge in [-0.1, -0.05) is 41.9 Å². The van der Waals surface area contributed by atoms with Crippen LogP contribution < -0.4 is 4.74 Å². The number of hydrogen-bond acceptors (Lipinski definition) is 4. The van der Waals surface area contributed by atoms with E-state index in [2.05, 4.69) is 43.9 Å². The highest BCUT2D eigenvalue weighted by molar-refractivity contribution is 6.30. The molecule has 0 fully saturated rings. The first-order valence-electron chi connectivity index (χ1n) is 10.1. The third-order valence-electron chi connectivity index (χ3n) is 5.69. The van der Waals surface area contributed by atoms with E-state index in [-0.39, 0.29) is 0 Å². The van der Waals surface area contributed by atoms with Crippen molar-refractivity contribution in [2.24, 2.45) is 0 Å². The summed E-state index contributed by atoms with van der Waals surface area (Å²) < 4.78 is 8.10. The van der Waals surface area contributed by atoms with E-state index in [0.29, 0.717) is 6.61 Å². The molecule has 148 valence electrons. The number of halogens is 1. The zero-order chi connectivity index (χ0) is 19.6. The van der Waals surface area contributed by atoms with Gasteiger partial charge in [-0.05, 0) is 41.8 Å². The molecule has 0 saturated heterocycles. The fourth-order valence-electron chi connectivity index (χ4n) is 4.08. The molecule has 0 radical (unpaired) electrons. The van der Waals surface area contributed by atoms with E-state index < -0.39 is 0 Å². The largest absolute Gasteiger partial charge is 0.491 e. The van der Waals surface area contributed by atoms with Crippen molar-refractivity contribution in [2.45, 2.75) is 19.4 Å². The molecule has 0 spiro atoms. The van der Waals surface area contributed by atoms with Gasteiger partial charge in [0.15, 0.2) is 5.82 Å². The Bertz CT molecular complexity index is 1040. The van der Waals surface area contributed by atoms with Crippen molar-refractivity contribution in [3.63, 3.8) is 0 Å². The minimum Gasteiger partial charge on any atom is -0.491 e. The number of ether oxygens (including phenoxy) is 1. The van der Waals surface area contributed by atoms with Gasteiger partial charge in [-0.2, -0.15) is 0 Å². The molecule has 5 nitrogen and oxygen atoms in total. The van der Waals surface area contributed by atoms with Gasteiger partial charge in [0.05, 0.1) is 12.1 Å². The van der Waals surface area contributed by atoms with Crippen molar-refractivity contribution in [2.75, 3.05) is 26.2 Å². The number of nitrogens with zero attached hydrogens (tertiary/aromatic N) is 4. The van der Waals surface area contributed by atoms with E-state index in [1.807, 2.05) is 30.3 Å². The number of rotatable bonds is 4. The molecule has 2 aliphatic rings. The van der Waals surface area contributed by atoms with Gasteiger partial charge < -0.3 is 9.30 Å². The first-order chi connectivity index (χ1) is 14.3. The molecule has 2 aliphatic heterocycles. The van der Waals surface area contributed by atoms with Gasteiger partial charge in [-0.25, -0.2) is 0 Å². The second-order valence-corrected chi connectivity index (χ2v) is 7.91. The summed E-state index contributed by atoms with van der Waals surface area (Å²) in [4.78, 5) is 2.47. The average Bonchev–Trinajstić information content (AvgIpc) is 3.07. The van der Waals surface area contributed by atoms with E-state index >= 15 is 0 Å². The average molecular weight is 407 g/mol. The van der Waals surface area contributed by atoms with Crippen molar-refractivity contribution in [3.8, 4) is 17.1 Å². The van der Waals surface area contributed by atoms with Crippen LogP contribution in [-0.2, 0) is 13.0 Å². The summed E-state index contributed by atoms with van der Waals surface area (Å²) in [6.07, 6.45) is 4.28. The summed E-state index contributed by atoms with van der Waals surface area (Å²) in [6, 6.07) is 16.2. The predicted molar refractivity (Wildman–Crippen MR) is 115 cm³/mol. The summed E-state index contributed by atoms with van der Waals surface area (Å²) in [5.41, 5.74) is 3.70. The lowest BCUT2D eigenvalue weighted by Crippen LogP contribution is -2.31. The normalized spacial score (nSPS) is 16.4. The Morgan fingerprint density at radius 3 is 2.69 bits per heavy atom. The molecular formula is C23H23ClN4O. The Morgan fingerprint density at radius 1 is 1.00 bits per heavy atom. The van der Waals surface area contributed by atoms with Crippen LogP contribution in [0.2, 0.25) is 5.02 Å². The van der Waals surface area contributed by atoms with E-state index in [9.17, 15) is 0 Å². The molecule has 6 heteroatoms. The molecule has 3 heterocycles. The molecule has 0 atom stereocenters. The third kappa shape index (κ3) is 3.80. The maximum atomic E-state index is 6.00. The zero-order valence-electron chi connectivity index (χ0n) is 16.2.